The largest absolute Gasteiger partial charge is 0.352 e. The molecule has 130 valence electrons. The minimum atomic E-state index is -0.198. The smallest absolute Gasteiger partial charge is 0.147 e. The van der Waals surface area contributed by atoms with Crippen molar-refractivity contribution in [1.82, 2.24) is 10.3 Å². The predicted molar refractivity (Wildman–Crippen MR) is 104 cm³/mol. The fourth-order valence-corrected chi connectivity index (χ4v) is 3.39. The molecule has 2 N–H and O–H groups in total. The first-order chi connectivity index (χ1) is 12.2. The van der Waals surface area contributed by atoms with Gasteiger partial charge in [0.1, 0.15) is 5.82 Å². The zero-order valence-electron chi connectivity index (χ0n) is 14.7. The van der Waals surface area contributed by atoms with Gasteiger partial charge in [0.25, 0.3) is 0 Å². The van der Waals surface area contributed by atoms with Gasteiger partial charge in [0.15, 0.2) is 0 Å². The highest BCUT2D eigenvalue weighted by atomic mass is 19.1. The summed E-state index contributed by atoms with van der Waals surface area (Å²) in [5, 5.41) is 4.18. The minimum absolute atomic E-state index is 0.198. The van der Waals surface area contributed by atoms with Gasteiger partial charge in [-0.1, -0.05) is 48.5 Å². The van der Waals surface area contributed by atoms with Crippen molar-refractivity contribution in [3.8, 4) is 11.3 Å². The highest BCUT2D eigenvalue weighted by Crippen LogP contribution is 2.33. The van der Waals surface area contributed by atoms with E-state index in [4.69, 9.17) is 0 Å². The monoisotopic (exact) mass is 336 g/mol. The van der Waals surface area contributed by atoms with Gasteiger partial charge in [-0.05, 0) is 56.0 Å². The number of hydrogen-bond donors (Lipinski definition) is 2. The van der Waals surface area contributed by atoms with Gasteiger partial charge >= 0.3 is 0 Å². The lowest BCUT2D eigenvalue weighted by Gasteiger charge is -2.13. The predicted octanol–water partition coefficient (Wildman–Crippen LogP) is 5.32. The lowest BCUT2D eigenvalue weighted by molar-refractivity contribution is 0.531. The molecule has 2 aromatic carbocycles. The molecule has 0 amide bonds. The van der Waals surface area contributed by atoms with Crippen molar-refractivity contribution in [3.63, 3.8) is 0 Å². The summed E-state index contributed by atoms with van der Waals surface area (Å²) >= 11 is 0. The van der Waals surface area contributed by atoms with Crippen LogP contribution in [0.25, 0.3) is 22.2 Å². The topological polar surface area (TPSA) is 27.8 Å². The molecule has 0 bridgehead atoms. The molecule has 3 aromatic rings. The molecule has 1 heterocycles. The second kappa shape index (κ2) is 8.13. The Morgan fingerprint density at radius 1 is 1.12 bits per heavy atom. The first-order valence-corrected chi connectivity index (χ1v) is 8.86. The van der Waals surface area contributed by atoms with E-state index in [0.29, 0.717) is 11.4 Å². The highest BCUT2D eigenvalue weighted by molar-refractivity contribution is 5.91. The number of para-hydroxylation sites is 1. The van der Waals surface area contributed by atoms with Gasteiger partial charge in [0, 0.05) is 11.1 Å². The third-order valence-corrected chi connectivity index (χ3v) is 4.82. The van der Waals surface area contributed by atoms with E-state index >= 15 is 0 Å². The summed E-state index contributed by atoms with van der Waals surface area (Å²) in [5.74, 6) is 0.256. The molecule has 1 aromatic heterocycles. The molecule has 3 heteroatoms. The van der Waals surface area contributed by atoms with Gasteiger partial charge in [0.2, 0.25) is 0 Å². The number of allylic oxidation sites excluding steroid dienone is 1. The summed E-state index contributed by atoms with van der Waals surface area (Å²) < 4.78 is 14.3. The molecule has 1 atom stereocenters. The molecule has 0 aliphatic carbocycles. The van der Waals surface area contributed by atoms with Crippen LogP contribution in [-0.4, -0.2) is 18.6 Å². The van der Waals surface area contributed by atoms with Crippen LogP contribution < -0.4 is 5.32 Å². The van der Waals surface area contributed by atoms with E-state index in [1.165, 1.54) is 11.6 Å². The fraction of sp³-hybridized carbons (Fsp3) is 0.273. The minimum Gasteiger partial charge on any atom is -0.352 e. The van der Waals surface area contributed by atoms with Crippen LogP contribution in [0.1, 0.15) is 18.4 Å². The average Bonchev–Trinajstić information content (AvgIpc) is 3.03. The van der Waals surface area contributed by atoms with E-state index in [0.717, 1.165) is 42.5 Å². The van der Waals surface area contributed by atoms with Crippen LogP contribution in [0.3, 0.4) is 0 Å². The first kappa shape index (κ1) is 17.4. The highest BCUT2D eigenvalue weighted by Gasteiger charge is 2.16. The Bertz CT molecular complexity index is 836. The molecule has 0 aliphatic heterocycles. The fourth-order valence-electron chi connectivity index (χ4n) is 3.39. The third-order valence-electron chi connectivity index (χ3n) is 4.82. The van der Waals surface area contributed by atoms with Crippen molar-refractivity contribution in [3.05, 3.63) is 72.6 Å². The van der Waals surface area contributed by atoms with Crippen molar-refractivity contribution in [2.24, 2.45) is 5.92 Å². The van der Waals surface area contributed by atoms with Crippen LogP contribution in [-0.2, 0) is 6.42 Å². The van der Waals surface area contributed by atoms with Crippen LogP contribution in [0.15, 0.2) is 61.2 Å². The van der Waals surface area contributed by atoms with Crippen molar-refractivity contribution in [1.29, 1.82) is 0 Å². The maximum atomic E-state index is 14.3. The Kier molecular flexibility index (Phi) is 5.67. The Morgan fingerprint density at radius 3 is 2.64 bits per heavy atom. The summed E-state index contributed by atoms with van der Waals surface area (Å²) in [4.78, 5) is 3.32. The number of benzene rings is 2. The van der Waals surface area contributed by atoms with E-state index < -0.39 is 0 Å². The maximum absolute atomic E-state index is 14.3. The summed E-state index contributed by atoms with van der Waals surface area (Å²) in [5.41, 5.74) is 3.91. The van der Waals surface area contributed by atoms with Crippen molar-refractivity contribution >= 4 is 10.9 Å². The molecule has 1 unspecified atom stereocenters. The number of H-pyrrole nitrogens is 1. The van der Waals surface area contributed by atoms with Crippen LogP contribution >= 0.6 is 0 Å². The number of hydrogen-bond acceptors (Lipinski definition) is 1. The van der Waals surface area contributed by atoms with Gasteiger partial charge in [0.05, 0.1) is 5.52 Å². The summed E-state index contributed by atoms with van der Waals surface area (Å²) in [7, 11) is 1.97. The molecule has 3 rings (SSSR count). The number of nitrogens with one attached hydrogen (secondary N) is 2. The van der Waals surface area contributed by atoms with Crippen molar-refractivity contribution in [2.75, 3.05) is 13.6 Å². The molecule has 25 heavy (non-hydrogen) atoms. The van der Waals surface area contributed by atoms with Crippen LogP contribution in [0.2, 0.25) is 0 Å². The number of aromatic nitrogens is 1. The number of fused-ring (bicyclic) bond motifs is 1. The number of halogens is 1. The van der Waals surface area contributed by atoms with Gasteiger partial charge < -0.3 is 10.3 Å². The van der Waals surface area contributed by atoms with Gasteiger partial charge in [-0.15, -0.1) is 6.58 Å². The van der Waals surface area contributed by atoms with Gasteiger partial charge in [-0.2, -0.15) is 0 Å². The Morgan fingerprint density at radius 2 is 1.92 bits per heavy atom. The van der Waals surface area contributed by atoms with E-state index in [-0.39, 0.29) is 5.82 Å². The van der Waals surface area contributed by atoms with Gasteiger partial charge in [-0.3, -0.25) is 0 Å². The molecule has 0 saturated heterocycles. The van der Waals surface area contributed by atoms with Crippen molar-refractivity contribution < 1.29 is 4.39 Å². The van der Waals surface area contributed by atoms with Crippen LogP contribution in [0, 0.1) is 11.7 Å². The summed E-state index contributed by atoms with van der Waals surface area (Å²) in [6.07, 6.45) is 5.01. The second-order valence-corrected chi connectivity index (χ2v) is 6.43. The SMILES string of the molecule is C=CC(CCNC)CCc1c(-c2ccccc2)[nH]c2c(F)cccc12. The maximum Gasteiger partial charge on any atom is 0.147 e. The second-order valence-electron chi connectivity index (χ2n) is 6.43. The van der Waals surface area contributed by atoms with Crippen molar-refractivity contribution in [2.45, 2.75) is 19.3 Å². The molecule has 0 aliphatic rings. The number of rotatable bonds is 8. The van der Waals surface area contributed by atoms with Crippen LogP contribution in [0.4, 0.5) is 4.39 Å². The van der Waals surface area contributed by atoms with Crippen LogP contribution in [0.5, 0.6) is 0 Å². The molecule has 0 spiro atoms. The lowest BCUT2D eigenvalue weighted by atomic mass is 9.94. The average molecular weight is 336 g/mol. The lowest BCUT2D eigenvalue weighted by Crippen LogP contribution is -2.12. The molecule has 0 radical (unpaired) electrons. The molecular formula is C22H25FN2. The Balaban J connectivity index is 1.97. The van der Waals surface area contributed by atoms with Gasteiger partial charge in [-0.25, -0.2) is 4.39 Å². The zero-order valence-corrected chi connectivity index (χ0v) is 14.7. The Hall–Kier alpha value is -2.39. The Labute approximate surface area is 148 Å². The van der Waals surface area contributed by atoms with E-state index in [1.807, 2.05) is 37.4 Å². The summed E-state index contributed by atoms with van der Waals surface area (Å²) in [6, 6.07) is 15.5. The van der Waals surface area contributed by atoms with E-state index in [1.54, 1.807) is 6.07 Å². The van der Waals surface area contributed by atoms with E-state index in [2.05, 4.69) is 29.0 Å². The molecule has 0 saturated carbocycles. The first-order valence-electron chi connectivity index (χ1n) is 8.86. The number of aromatic amines is 1. The molecular weight excluding hydrogens is 311 g/mol. The normalized spacial score (nSPS) is 12.4. The number of aryl methyl sites for hydroxylation is 1. The molecule has 2 nitrogen and oxygen atoms in total. The zero-order chi connectivity index (χ0) is 17.6. The molecule has 0 fully saturated rings. The standard InChI is InChI=1S/C22H25FN2/c1-3-16(14-15-24-2)12-13-19-18-10-7-11-20(23)22(18)25-21(19)17-8-5-4-6-9-17/h3-11,16,24-25H,1,12-15H2,2H3. The van der Waals surface area contributed by atoms with E-state index in [9.17, 15) is 4.39 Å². The quantitative estimate of drug-likeness (QED) is 0.535. The summed E-state index contributed by atoms with van der Waals surface area (Å²) in [6.45, 7) is 4.95. The third kappa shape index (κ3) is 3.83.